The van der Waals surface area contributed by atoms with Crippen molar-refractivity contribution >= 4 is 35.2 Å². The molecule has 1 saturated heterocycles. The molecule has 17 heteroatoms. The van der Waals surface area contributed by atoms with Crippen LogP contribution in [0.4, 0.5) is 5.69 Å². The zero-order chi connectivity index (χ0) is 39.4. The average molecular weight is 778 g/mol. The number of nitrogens with one attached hydrogen (secondary N) is 2. The number of terminal acetylenes is 1. The number of hydrogen-bond acceptors (Lipinski definition) is 14. The molecule has 1 atom stereocenters. The fourth-order valence-corrected chi connectivity index (χ4v) is 5.39. The number of carbonyl (C=O) groups is 5. The second-order valence-electron chi connectivity index (χ2n) is 12.2. The monoisotopic (exact) mass is 777 g/mol. The molecule has 0 spiro atoms. The molecule has 1 unspecified atom stereocenters. The number of fused-ring (bicyclic) bond motifs is 1. The van der Waals surface area contributed by atoms with Gasteiger partial charge < -0.3 is 47.9 Å². The Hall–Kier alpha value is -3.83. The molecular formula is C38H55N3O14. The highest BCUT2D eigenvalue weighted by Gasteiger charge is 2.45. The predicted octanol–water partition coefficient (Wildman–Crippen LogP) is 1.37. The Morgan fingerprint density at radius 1 is 0.673 bits per heavy atom. The van der Waals surface area contributed by atoms with E-state index in [-0.39, 0.29) is 42.0 Å². The van der Waals surface area contributed by atoms with Crippen molar-refractivity contribution in [1.29, 1.82) is 0 Å². The van der Waals surface area contributed by atoms with E-state index >= 15 is 0 Å². The van der Waals surface area contributed by atoms with Crippen LogP contribution < -0.4 is 10.6 Å². The summed E-state index contributed by atoms with van der Waals surface area (Å²) in [6, 6.07) is 3.53. The van der Waals surface area contributed by atoms with Crippen LogP contribution in [0.1, 0.15) is 59.2 Å². The van der Waals surface area contributed by atoms with Gasteiger partial charge in [-0.1, -0.05) is 18.4 Å². The molecule has 2 aliphatic heterocycles. The standard InChI is InChI=1S/C38H55N3O14/c1-2-12-47-14-16-49-18-20-51-22-24-53-26-28-55-29-27-54-25-23-52-21-19-50-17-15-48-13-5-3-4-9-33(42)39-31-8-6-7-30-35(31)38(46)41(37(30)45)32-10-11-34(43)40-36(32)44/h1,6-8,32H,3-5,9-29H2,(H,39,42)(H,40,43,44). The van der Waals surface area contributed by atoms with Crippen LogP contribution in [0.3, 0.4) is 0 Å². The lowest BCUT2D eigenvalue weighted by molar-refractivity contribution is -0.136. The van der Waals surface area contributed by atoms with Gasteiger partial charge in [-0.3, -0.25) is 34.2 Å². The van der Waals surface area contributed by atoms with E-state index in [0.717, 1.165) is 17.7 Å². The van der Waals surface area contributed by atoms with Crippen molar-refractivity contribution in [3.05, 3.63) is 29.3 Å². The van der Waals surface area contributed by atoms with Crippen molar-refractivity contribution in [3.8, 4) is 12.3 Å². The third-order valence-corrected chi connectivity index (χ3v) is 8.10. The van der Waals surface area contributed by atoms with Gasteiger partial charge in [-0.25, -0.2) is 0 Å². The summed E-state index contributed by atoms with van der Waals surface area (Å²) in [4.78, 5) is 63.5. The van der Waals surface area contributed by atoms with Crippen LogP contribution >= 0.6 is 0 Å². The minimum Gasteiger partial charge on any atom is -0.379 e. The van der Waals surface area contributed by atoms with Gasteiger partial charge in [-0.15, -0.1) is 6.42 Å². The number of nitrogens with zero attached hydrogens (tertiary/aromatic N) is 1. The van der Waals surface area contributed by atoms with Crippen LogP contribution in [-0.2, 0) is 57.0 Å². The molecule has 0 bridgehead atoms. The molecule has 2 N–H and O–H groups in total. The maximum absolute atomic E-state index is 13.2. The summed E-state index contributed by atoms with van der Waals surface area (Å²) in [7, 11) is 0. The first-order valence-electron chi connectivity index (χ1n) is 18.7. The van der Waals surface area contributed by atoms with Gasteiger partial charge in [0.15, 0.2) is 0 Å². The number of amides is 5. The van der Waals surface area contributed by atoms with E-state index in [4.69, 9.17) is 49.1 Å². The minimum absolute atomic E-state index is 0.0282. The van der Waals surface area contributed by atoms with Crippen molar-refractivity contribution in [2.45, 2.75) is 44.6 Å². The lowest BCUT2D eigenvalue weighted by Crippen LogP contribution is -2.54. The van der Waals surface area contributed by atoms with Crippen molar-refractivity contribution in [1.82, 2.24) is 10.2 Å². The quantitative estimate of drug-likeness (QED) is 0.0590. The van der Waals surface area contributed by atoms with Gasteiger partial charge in [0.05, 0.1) is 123 Å². The van der Waals surface area contributed by atoms with Gasteiger partial charge in [-0.05, 0) is 31.4 Å². The van der Waals surface area contributed by atoms with Gasteiger partial charge in [0.2, 0.25) is 17.7 Å². The molecule has 0 radical (unpaired) electrons. The second-order valence-corrected chi connectivity index (χ2v) is 12.2. The molecule has 17 nitrogen and oxygen atoms in total. The lowest BCUT2D eigenvalue weighted by atomic mass is 10.0. The fraction of sp³-hybridized carbons (Fsp3) is 0.658. The number of benzene rings is 1. The Kier molecular flexibility index (Phi) is 23.7. The number of carbonyl (C=O) groups excluding carboxylic acids is 5. The summed E-state index contributed by atoms with van der Waals surface area (Å²) in [5, 5.41) is 4.90. The minimum atomic E-state index is -1.07. The molecule has 0 aromatic heterocycles. The van der Waals surface area contributed by atoms with E-state index in [1.165, 1.54) is 6.07 Å². The summed E-state index contributed by atoms with van der Waals surface area (Å²) >= 11 is 0. The van der Waals surface area contributed by atoms with Crippen LogP contribution in [0.25, 0.3) is 0 Å². The number of hydrogen-bond donors (Lipinski definition) is 2. The van der Waals surface area contributed by atoms with Gasteiger partial charge in [0, 0.05) is 19.4 Å². The highest BCUT2D eigenvalue weighted by molar-refractivity contribution is 6.26. The Morgan fingerprint density at radius 2 is 1.16 bits per heavy atom. The van der Waals surface area contributed by atoms with Crippen LogP contribution in [0, 0.1) is 12.3 Å². The van der Waals surface area contributed by atoms with Crippen LogP contribution in [0.5, 0.6) is 0 Å². The Labute approximate surface area is 322 Å². The summed E-state index contributed by atoms with van der Waals surface area (Å²) < 4.78 is 48.8. The van der Waals surface area contributed by atoms with Crippen LogP contribution in [-0.4, -0.2) is 159 Å². The average Bonchev–Trinajstić information content (AvgIpc) is 3.43. The SMILES string of the molecule is C#CCOCCOCCOCCOCCOCCOCCOCCOCCOCCCCCC(=O)Nc1cccc2c1C(=O)N(C1CCC(=O)NC1=O)C2=O. The first-order chi connectivity index (χ1) is 26.9. The first-order valence-corrected chi connectivity index (χ1v) is 18.7. The number of imide groups is 2. The number of unbranched alkanes of at least 4 members (excludes halogenated alkanes) is 2. The Balaban J connectivity index is 1.04. The maximum Gasteiger partial charge on any atom is 0.264 e. The van der Waals surface area contributed by atoms with Crippen molar-refractivity contribution < 1.29 is 66.6 Å². The van der Waals surface area contributed by atoms with E-state index in [9.17, 15) is 24.0 Å². The maximum atomic E-state index is 13.2. The molecular weight excluding hydrogens is 722 g/mol. The third-order valence-electron chi connectivity index (χ3n) is 8.10. The fourth-order valence-electron chi connectivity index (χ4n) is 5.39. The zero-order valence-electron chi connectivity index (χ0n) is 31.5. The normalized spacial score (nSPS) is 15.3. The number of piperidine rings is 1. The van der Waals surface area contributed by atoms with E-state index in [2.05, 4.69) is 16.6 Å². The smallest absolute Gasteiger partial charge is 0.264 e. The highest BCUT2D eigenvalue weighted by Crippen LogP contribution is 2.32. The van der Waals surface area contributed by atoms with E-state index in [1.807, 2.05) is 0 Å². The Morgan fingerprint density at radius 3 is 1.65 bits per heavy atom. The van der Waals surface area contributed by atoms with E-state index < -0.39 is 29.7 Å². The summed E-state index contributed by atoms with van der Waals surface area (Å²) in [6.45, 7) is 8.36. The van der Waals surface area contributed by atoms with Gasteiger partial charge in [-0.2, -0.15) is 0 Å². The van der Waals surface area contributed by atoms with Crippen molar-refractivity contribution in [3.63, 3.8) is 0 Å². The van der Waals surface area contributed by atoms with E-state index in [0.29, 0.717) is 125 Å². The van der Waals surface area contributed by atoms with Gasteiger partial charge in [0.1, 0.15) is 12.6 Å². The molecule has 55 heavy (non-hydrogen) atoms. The zero-order valence-corrected chi connectivity index (χ0v) is 31.5. The summed E-state index contributed by atoms with van der Waals surface area (Å²) in [6.07, 6.45) is 7.53. The number of ether oxygens (including phenoxy) is 9. The number of rotatable bonds is 33. The molecule has 1 aromatic rings. The molecule has 2 aliphatic rings. The van der Waals surface area contributed by atoms with Gasteiger partial charge >= 0.3 is 0 Å². The second kappa shape index (κ2) is 28.6. The molecule has 3 rings (SSSR count). The van der Waals surface area contributed by atoms with Crippen LogP contribution in [0.2, 0.25) is 0 Å². The third kappa shape index (κ3) is 18.1. The lowest BCUT2D eigenvalue weighted by Gasteiger charge is -2.27. The molecule has 5 amide bonds. The first kappa shape index (κ1) is 45.6. The molecule has 0 saturated carbocycles. The van der Waals surface area contributed by atoms with Crippen LogP contribution in [0.15, 0.2) is 18.2 Å². The predicted molar refractivity (Wildman–Crippen MR) is 196 cm³/mol. The molecule has 0 aliphatic carbocycles. The summed E-state index contributed by atoms with van der Waals surface area (Å²) in [5.41, 5.74) is 0.381. The molecule has 1 aromatic carbocycles. The van der Waals surface area contributed by atoms with Crippen molar-refractivity contribution in [2.75, 3.05) is 124 Å². The molecule has 1 fully saturated rings. The van der Waals surface area contributed by atoms with E-state index in [1.54, 1.807) is 12.1 Å². The highest BCUT2D eigenvalue weighted by atomic mass is 16.6. The molecule has 306 valence electrons. The summed E-state index contributed by atoms with van der Waals surface area (Å²) in [5.74, 6) is -0.328. The number of anilines is 1. The van der Waals surface area contributed by atoms with Gasteiger partial charge in [0.25, 0.3) is 11.8 Å². The van der Waals surface area contributed by atoms with Crippen molar-refractivity contribution in [2.24, 2.45) is 0 Å². The largest absolute Gasteiger partial charge is 0.379 e. The Bertz CT molecular complexity index is 1370. The molecule has 2 heterocycles. The topological polar surface area (TPSA) is 196 Å².